The molecule has 4 N–H and O–H groups in total. The van der Waals surface area contributed by atoms with Gasteiger partial charge in [-0.25, -0.2) is 18.7 Å². The number of pyridine rings is 3. The molecule has 94 heavy (non-hydrogen) atoms. The van der Waals surface area contributed by atoms with Gasteiger partial charge in [0.05, 0.1) is 40.0 Å². The average molecular weight is 1320 g/mol. The van der Waals surface area contributed by atoms with Crippen LogP contribution in [0.3, 0.4) is 0 Å². The van der Waals surface area contributed by atoms with E-state index in [2.05, 4.69) is 64.7 Å². The lowest BCUT2D eigenvalue weighted by Gasteiger charge is -2.36. The number of hydrogen-bond donors (Lipinski definition) is 2. The van der Waals surface area contributed by atoms with Crippen molar-refractivity contribution in [2.24, 2.45) is 5.92 Å². The van der Waals surface area contributed by atoms with Gasteiger partial charge in [-0.15, -0.1) is 0 Å². The van der Waals surface area contributed by atoms with Crippen LogP contribution in [-0.4, -0.2) is 201 Å². The number of aryl methyl sites for hydroxylation is 1. The van der Waals surface area contributed by atoms with Crippen molar-refractivity contribution in [3.63, 3.8) is 0 Å². The minimum Gasteiger partial charge on any atom is -0.467 e. The molecule has 7 aliphatic heterocycles. The number of likely N-dealkylation sites (tertiary alicyclic amines) is 3. The van der Waals surface area contributed by atoms with Crippen molar-refractivity contribution in [2.45, 2.75) is 133 Å². The molecule has 1 aromatic carbocycles. The van der Waals surface area contributed by atoms with Gasteiger partial charge in [0.2, 0.25) is 11.8 Å². The Labute approximate surface area is 550 Å². The van der Waals surface area contributed by atoms with Gasteiger partial charge in [-0.3, -0.25) is 24.4 Å². The number of nitrogens with zero attached hydrogens (tertiary/aromatic N) is 14. The van der Waals surface area contributed by atoms with E-state index in [1.54, 1.807) is 28.0 Å². The summed E-state index contributed by atoms with van der Waals surface area (Å²) < 4.78 is 83.3. The van der Waals surface area contributed by atoms with Crippen molar-refractivity contribution in [3.8, 4) is 23.4 Å². The van der Waals surface area contributed by atoms with E-state index in [4.69, 9.17) is 42.5 Å². The molecule has 20 nitrogen and oxygen atoms in total. The van der Waals surface area contributed by atoms with Crippen molar-refractivity contribution < 1.29 is 41.0 Å². The molecule has 6 aromatic rings. The van der Waals surface area contributed by atoms with Crippen LogP contribution in [0.1, 0.15) is 105 Å². The van der Waals surface area contributed by atoms with Gasteiger partial charge >= 0.3 is 18.2 Å². The molecule has 8 aliphatic rings. The third-order valence-corrected chi connectivity index (χ3v) is 20.7. The van der Waals surface area contributed by atoms with Crippen molar-refractivity contribution in [1.82, 2.24) is 59.4 Å². The van der Waals surface area contributed by atoms with Crippen molar-refractivity contribution >= 4 is 68.4 Å². The number of fused-ring (bicyclic) bond motifs is 5. The first-order valence-electron chi connectivity index (χ1n) is 32.7. The summed E-state index contributed by atoms with van der Waals surface area (Å²) in [5.41, 5.74) is 13.1. The van der Waals surface area contributed by atoms with Gasteiger partial charge in [0, 0.05) is 88.0 Å². The van der Waals surface area contributed by atoms with Gasteiger partial charge in [0.1, 0.15) is 53.0 Å². The molecule has 0 saturated carbocycles. The van der Waals surface area contributed by atoms with Crippen molar-refractivity contribution in [1.29, 1.82) is 0 Å². The number of benzene rings is 1. The number of ether oxygens (including phenoxy) is 2. The first kappa shape index (κ1) is 67.8. The second-order valence-electron chi connectivity index (χ2n) is 26.4. The Morgan fingerprint density at radius 3 is 2.07 bits per heavy atom. The smallest absolute Gasteiger partial charge is 0.418 e. The molecule has 12 heterocycles. The number of carbonyl (C=O) groups excluding carboxylic acids is 2. The van der Waals surface area contributed by atoms with E-state index in [0.717, 1.165) is 70.1 Å². The highest BCUT2D eigenvalue weighted by Gasteiger charge is 2.46. The van der Waals surface area contributed by atoms with Gasteiger partial charge < -0.3 is 45.4 Å². The monoisotopic (exact) mass is 1320 g/mol. The van der Waals surface area contributed by atoms with E-state index in [9.17, 15) is 27.2 Å². The maximum atomic E-state index is 16.1. The minimum atomic E-state index is -4.56. The number of nitrogen functional groups attached to an aromatic ring is 2. The zero-order chi connectivity index (χ0) is 66.9. The summed E-state index contributed by atoms with van der Waals surface area (Å²) in [6.45, 7) is 19.9. The summed E-state index contributed by atoms with van der Waals surface area (Å²) in [6, 6.07) is 9.09. The number of methoxy groups -OCH3 is 1. The Hall–Kier alpha value is -7.61. The van der Waals surface area contributed by atoms with E-state index < -0.39 is 29.6 Å². The fraction of sp³-hybridized carbons (Fsp3) is 0.544. The second kappa shape index (κ2) is 28.4. The summed E-state index contributed by atoms with van der Waals surface area (Å²) in [5.74, 6) is -0.197. The van der Waals surface area contributed by atoms with E-state index in [1.165, 1.54) is 70.8 Å². The Kier molecular flexibility index (Phi) is 20.5. The number of alkyl halides is 4. The Bertz CT molecular complexity index is 3780. The Balaban J connectivity index is 0.000000160. The van der Waals surface area contributed by atoms with E-state index >= 15 is 4.39 Å². The zero-order valence-corrected chi connectivity index (χ0v) is 55.3. The molecule has 26 heteroatoms. The molecule has 7 fully saturated rings. The molecule has 0 radical (unpaired) electrons. The number of carbonyl (C=O) groups is 2. The molecule has 14 rings (SSSR count). The second-order valence-corrected chi connectivity index (χ2v) is 26.8. The highest BCUT2D eigenvalue weighted by molar-refractivity contribution is 6.36. The largest absolute Gasteiger partial charge is 0.467 e. The van der Waals surface area contributed by atoms with Crippen LogP contribution < -0.4 is 30.7 Å². The van der Waals surface area contributed by atoms with Gasteiger partial charge in [-0.1, -0.05) is 43.8 Å². The lowest BCUT2D eigenvalue weighted by molar-refractivity contribution is -0.139. The molecule has 1 aliphatic carbocycles. The molecular weight excluding hydrogens is 1240 g/mol. The van der Waals surface area contributed by atoms with E-state index in [-0.39, 0.29) is 93.6 Å². The fourth-order valence-corrected chi connectivity index (χ4v) is 15.4. The van der Waals surface area contributed by atoms with Gasteiger partial charge in [-0.05, 0) is 171 Å². The molecule has 0 bridgehead atoms. The topological polar surface area (TPSA) is 218 Å². The summed E-state index contributed by atoms with van der Waals surface area (Å²) >= 11 is 6.45. The van der Waals surface area contributed by atoms with Crippen LogP contribution >= 0.6 is 11.6 Å². The zero-order valence-electron chi connectivity index (χ0n) is 54.6. The quantitative estimate of drug-likeness (QED) is 0.0860. The van der Waals surface area contributed by atoms with Crippen LogP contribution in [0.25, 0.3) is 33.1 Å². The number of aromatic nitrogens is 7. The minimum absolute atomic E-state index is 0.000784. The van der Waals surface area contributed by atoms with E-state index in [1.807, 2.05) is 32.0 Å². The number of anilines is 4. The number of rotatable bonds is 12. The normalized spacial score (nSPS) is 23.0. The van der Waals surface area contributed by atoms with Gasteiger partial charge in [0.25, 0.3) is 0 Å². The first-order valence-corrected chi connectivity index (χ1v) is 33.1. The first-order chi connectivity index (χ1) is 45.0. The molecule has 5 aromatic heterocycles. The lowest BCUT2D eigenvalue weighted by Crippen LogP contribution is -2.43. The number of hydrogen-bond acceptors (Lipinski definition) is 18. The Morgan fingerprint density at radius 1 is 0.809 bits per heavy atom. The third kappa shape index (κ3) is 14.2. The maximum Gasteiger partial charge on any atom is 0.418 e. The van der Waals surface area contributed by atoms with Gasteiger partial charge in [-0.2, -0.15) is 33.1 Å². The molecule has 504 valence electrons. The summed E-state index contributed by atoms with van der Waals surface area (Å²) in [5, 5.41) is 2.05. The molecule has 7 saturated heterocycles. The number of halogens is 6. The molecule has 0 spiro atoms. The standard InChI is InChI=1S/C32H42F3N7O2.C25H23ClFN7O2.C7H12FN.C4H9N/c1-5-26(43)41-13-8-21(17-41)40(4)29-23-14-19(2)22(28-27(32(33,34)35)20(3)15-25(36)38-28)16-24(23)37-30(39-29)44-18-31-9-6-11-42(31)12-7-10-31;1-4-18(35)34-9-8-14(12-34)33(2)24-15-11-29-23(20(27)21(15)31-25(32-24)36-3)22-19-13(10-17(28)30-22)6-5-7-16(19)26;8-6-4-7-2-1-3-9(7)5-6;1-5-3-2-4-5/h5,15,19,21-22H,1,6-14,16-18H2,2-4H3,(H2,36,38);4-7,10-11,14H,1,8-9,12H2,2-3H3,(H2,28,30);6-7H,1-5H2;2-4H2,1H3. The molecular formula is C68H86ClF5N16O4. The van der Waals surface area contributed by atoms with Crippen molar-refractivity contribution in [3.05, 3.63) is 101 Å². The molecule has 2 amide bonds. The summed E-state index contributed by atoms with van der Waals surface area (Å²) in [6.07, 6.45) is 10.4. The van der Waals surface area contributed by atoms with Crippen LogP contribution in [-0.2, 0) is 28.6 Å². The van der Waals surface area contributed by atoms with E-state index in [0.29, 0.717) is 90.3 Å². The number of nitrogens with two attached hydrogens (primary N) is 2. The predicted octanol–water partition coefficient (Wildman–Crippen LogP) is 9.89. The maximum absolute atomic E-state index is 16.1. The third-order valence-electron chi connectivity index (χ3n) is 20.3. The molecule has 6 atom stereocenters. The lowest BCUT2D eigenvalue weighted by atomic mass is 9.75. The number of likely N-dealkylation sites (N-methyl/N-ethyl adjacent to an activating group) is 2. The van der Waals surface area contributed by atoms with Crippen LogP contribution in [0, 0.1) is 18.7 Å². The summed E-state index contributed by atoms with van der Waals surface area (Å²) in [7, 11) is 7.36. The average Bonchev–Trinajstić information content (AvgIpc) is 1.24. The highest BCUT2D eigenvalue weighted by atomic mass is 35.5. The van der Waals surface area contributed by atoms with Crippen LogP contribution in [0.15, 0.2) is 61.8 Å². The summed E-state index contributed by atoms with van der Waals surface area (Å²) in [4.78, 5) is 70.5. The van der Waals surface area contributed by atoms with Crippen LogP contribution in [0.2, 0.25) is 5.02 Å². The predicted molar refractivity (Wildman–Crippen MR) is 355 cm³/mol. The van der Waals surface area contributed by atoms with Crippen LogP contribution in [0.5, 0.6) is 12.0 Å². The Morgan fingerprint density at radius 2 is 1.46 bits per heavy atom. The molecule has 6 unspecified atom stereocenters. The van der Waals surface area contributed by atoms with Gasteiger partial charge in [0.15, 0.2) is 5.82 Å². The fourth-order valence-electron chi connectivity index (χ4n) is 15.1. The van der Waals surface area contributed by atoms with Crippen LogP contribution in [0.4, 0.5) is 45.2 Å². The number of amides is 2. The SMILES string of the molecule is C=CC(=O)N1CCC(N(C)c2nc(OC)nc3c(F)c(-c4nc(N)cc5cccc(Cl)c45)ncc23)C1.C=CC(=O)N1CCC(N(C)c2nc(OCC34CCCN3CCC4)nc3c2CC(C)C(c2nc(N)cc(C)c2C(F)(F)F)C3)C1.CN1CCC1.FC1CC2CCCN2C1. The highest BCUT2D eigenvalue weighted by Crippen LogP contribution is 2.47. The van der Waals surface area contributed by atoms with Crippen molar-refractivity contribution in [2.75, 3.05) is 122 Å².